The Bertz CT molecular complexity index is 1100. The molecule has 0 aliphatic heterocycles. The smallest absolute Gasteiger partial charge is 0.174 e. The molecule has 0 spiro atoms. The molecule has 0 saturated heterocycles. The Balaban J connectivity index is 1.63. The molecule has 0 aliphatic rings. The monoisotopic (exact) mass is 454 g/mol. The first-order valence-corrected chi connectivity index (χ1v) is 12.2. The molecular weight excluding hydrogens is 420 g/mol. The largest absolute Gasteiger partial charge is 0.372 e. The van der Waals surface area contributed by atoms with E-state index < -0.39 is 0 Å². The summed E-state index contributed by atoms with van der Waals surface area (Å²) < 4.78 is 0. The molecule has 0 aliphatic carbocycles. The van der Waals surface area contributed by atoms with Crippen LogP contribution in [-0.4, -0.2) is 36.1 Å². The summed E-state index contributed by atoms with van der Waals surface area (Å²) in [6, 6.07) is 24.9. The molecule has 0 atom stereocenters. The van der Waals surface area contributed by atoms with Crippen LogP contribution in [0.25, 0.3) is 11.0 Å². The maximum absolute atomic E-state index is 4.87. The lowest BCUT2D eigenvalue weighted by atomic mass is 10.2. The highest BCUT2D eigenvalue weighted by Gasteiger charge is 2.11. The van der Waals surface area contributed by atoms with Crippen LogP contribution < -0.4 is 20.4 Å². The zero-order valence-corrected chi connectivity index (χ0v) is 20.5. The number of hydrogen-bond donors (Lipinski definition) is 2. The summed E-state index contributed by atoms with van der Waals surface area (Å²) in [6.45, 7) is 12.6. The van der Waals surface area contributed by atoms with Gasteiger partial charge in [-0.3, -0.25) is 0 Å². The molecule has 6 heteroatoms. The fraction of sp³-hybridized carbons (Fsp3) is 0.286. The zero-order valence-electron chi connectivity index (χ0n) is 20.5. The molecule has 1 heterocycles. The molecule has 34 heavy (non-hydrogen) atoms. The van der Waals surface area contributed by atoms with E-state index in [9.17, 15) is 0 Å². The quantitative estimate of drug-likeness (QED) is 0.274. The molecule has 0 radical (unpaired) electrons. The molecule has 0 unspecified atom stereocenters. The van der Waals surface area contributed by atoms with Gasteiger partial charge in [-0.05, 0) is 88.4 Å². The van der Waals surface area contributed by atoms with Crippen molar-refractivity contribution in [2.24, 2.45) is 0 Å². The number of anilines is 6. The van der Waals surface area contributed by atoms with Crippen molar-refractivity contribution in [1.29, 1.82) is 0 Å². The first-order chi connectivity index (χ1) is 16.6. The van der Waals surface area contributed by atoms with Crippen LogP contribution in [0.2, 0.25) is 0 Å². The molecule has 0 saturated carbocycles. The minimum Gasteiger partial charge on any atom is -0.372 e. The second-order valence-corrected chi connectivity index (χ2v) is 8.10. The van der Waals surface area contributed by atoms with E-state index in [1.165, 1.54) is 11.4 Å². The van der Waals surface area contributed by atoms with Crippen LogP contribution in [0.3, 0.4) is 0 Å². The van der Waals surface area contributed by atoms with Crippen LogP contribution in [0.15, 0.2) is 72.8 Å². The third-order valence-electron chi connectivity index (χ3n) is 6.09. The number of nitrogens with zero attached hydrogens (tertiary/aromatic N) is 4. The fourth-order valence-electron chi connectivity index (χ4n) is 4.14. The van der Waals surface area contributed by atoms with Gasteiger partial charge in [-0.25, -0.2) is 9.97 Å². The van der Waals surface area contributed by atoms with Crippen molar-refractivity contribution in [3.8, 4) is 0 Å². The number of fused-ring (bicyclic) bond motifs is 1. The molecule has 176 valence electrons. The number of para-hydroxylation sites is 2. The number of rotatable bonds is 10. The summed E-state index contributed by atoms with van der Waals surface area (Å²) in [7, 11) is 0. The lowest BCUT2D eigenvalue weighted by Crippen LogP contribution is -2.21. The molecule has 3 aromatic carbocycles. The van der Waals surface area contributed by atoms with Gasteiger partial charge in [0.1, 0.15) is 0 Å². The van der Waals surface area contributed by atoms with Gasteiger partial charge in [-0.1, -0.05) is 12.1 Å². The van der Waals surface area contributed by atoms with E-state index in [1.54, 1.807) is 0 Å². The van der Waals surface area contributed by atoms with Crippen LogP contribution >= 0.6 is 0 Å². The van der Waals surface area contributed by atoms with Crippen molar-refractivity contribution in [1.82, 2.24) is 9.97 Å². The predicted octanol–water partition coefficient (Wildman–Crippen LogP) is 6.81. The van der Waals surface area contributed by atoms with Crippen molar-refractivity contribution in [3.05, 3.63) is 72.8 Å². The van der Waals surface area contributed by atoms with Crippen LogP contribution in [0.5, 0.6) is 0 Å². The van der Waals surface area contributed by atoms with Crippen molar-refractivity contribution in [2.75, 3.05) is 46.6 Å². The van der Waals surface area contributed by atoms with E-state index in [1.807, 2.05) is 24.3 Å². The highest BCUT2D eigenvalue weighted by Crippen LogP contribution is 2.29. The van der Waals surface area contributed by atoms with Gasteiger partial charge < -0.3 is 20.4 Å². The number of benzene rings is 3. The summed E-state index contributed by atoms with van der Waals surface area (Å²) in [5.41, 5.74) is 6.08. The molecule has 4 aromatic rings. The minimum atomic E-state index is 0.696. The van der Waals surface area contributed by atoms with Gasteiger partial charge >= 0.3 is 0 Å². The van der Waals surface area contributed by atoms with Crippen LogP contribution in [0.4, 0.5) is 34.4 Å². The lowest BCUT2D eigenvalue weighted by Gasteiger charge is -2.21. The molecule has 6 nitrogen and oxygen atoms in total. The Morgan fingerprint density at radius 1 is 0.529 bits per heavy atom. The van der Waals surface area contributed by atoms with Crippen molar-refractivity contribution < 1.29 is 0 Å². The SMILES string of the molecule is CCN(CC)c1ccc(Nc2nc3ccccc3nc2Nc2ccc(N(CC)CC)cc2)cc1. The predicted molar refractivity (Wildman–Crippen MR) is 146 cm³/mol. The van der Waals surface area contributed by atoms with Crippen molar-refractivity contribution in [3.63, 3.8) is 0 Å². The van der Waals surface area contributed by atoms with Gasteiger partial charge in [0.2, 0.25) is 0 Å². The van der Waals surface area contributed by atoms with Crippen LogP contribution in [-0.2, 0) is 0 Å². The molecule has 1 aromatic heterocycles. The fourth-order valence-corrected chi connectivity index (χ4v) is 4.14. The highest BCUT2D eigenvalue weighted by molar-refractivity contribution is 5.83. The van der Waals surface area contributed by atoms with Crippen LogP contribution in [0, 0.1) is 0 Å². The molecular formula is C28H34N6. The van der Waals surface area contributed by atoms with E-state index in [4.69, 9.17) is 9.97 Å². The van der Waals surface area contributed by atoms with E-state index in [0.29, 0.717) is 11.6 Å². The molecule has 2 N–H and O–H groups in total. The molecule has 0 fully saturated rings. The summed E-state index contributed by atoms with van der Waals surface area (Å²) >= 11 is 0. The minimum absolute atomic E-state index is 0.696. The number of hydrogen-bond acceptors (Lipinski definition) is 6. The molecule has 4 rings (SSSR count). The standard InChI is InChI=1S/C28H34N6/c1-5-33(6-2)23-17-13-21(14-18-23)29-27-28(32-26-12-10-9-11-25(26)31-27)30-22-15-19-24(20-16-22)34(7-3)8-4/h9-20H,5-8H2,1-4H3,(H,29,31)(H,30,32). The second kappa shape index (κ2) is 10.9. The van der Waals surface area contributed by atoms with E-state index in [-0.39, 0.29) is 0 Å². The van der Waals surface area contributed by atoms with E-state index >= 15 is 0 Å². The number of nitrogens with one attached hydrogen (secondary N) is 2. The number of aromatic nitrogens is 2. The Kier molecular flexibility index (Phi) is 7.48. The summed E-state index contributed by atoms with van der Waals surface area (Å²) in [6.07, 6.45) is 0. The van der Waals surface area contributed by atoms with Gasteiger partial charge in [0.15, 0.2) is 11.6 Å². The summed E-state index contributed by atoms with van der Waals surface area (Å²) in [5, 5.41) is 6.94. The lowest BCUT2D eigenvalue weighted by molar-refractivity contribution is 0.866. The van der Waals surface area contributed by atoms with Gasteiger partial charge in [0.05, 0.1) is 11.0 Å². The average Bonchev–Trinajstić information content (AvgIpc) is 2.88. The van der Waals surface area contributed by atoms with E-state index in [2.05, 4.69) is 96.7 Å². The first kappa shape index (κ1) is 23.4. The van der Waals surface area contributed by atoms with E-state index in [0.717, 1.165) is 48.6 Å². The third kappa shape index (κ3) is 5.22. The summed E-state index contributed by atoms with van der Waals surface area (Å²) in [4.78, 5) is 14.4. The highest BCUT2D eigenvalue weighted by atomic mass is 15.1. The molecule has 0 bridgehead atoms. The first-order valence-electron chi connectivity index (χ1n) is 12.2. The van der Waals surface area contributed by atoms with Gasteiger partial charge in [0.25, 0.3) is 0 Å². The van der Waals surface area contributed by atoms with Crippen LogP contribution in [0.1, 0.15) is 27.7 Å². The topological polar surface area (TPSA) is 56.3 Å². The maximum Gasteiger partial charge on any atom is 0.174 e. The van der Waals surface area contributed by atoms with Gasteiger partial charge in [0, 0.05) is 48.9 Å². The average molecular weight is 455 g/mol. The zero-order chi connectivity index (χ0) is 23.9. The third-order valence-corrected chi connectivity index (χ3v) is 6.09. The Labute approximate surface area is 202 Å². The second-order valence-electron chi connectivity index (χ2n) is 8.10. The Hall–Kier alpha value is -3.80. The van der Waals surface area contributed by atoms with Gasteiger partial charge in [-0.15, -0.1) is 0 Å². The molecule has 0 amide bonds. The Morgan fingerprint density at radius 2 is 0.882 bits per heavy atom. The van der Waals surface area contributed by atoms with Crippen molar-refractivity contribution >= 4 is 45.4 Å². The normalized spacial score (nSPS) is 10.8. The summed E-state index contributed by atoms with van der Waals surface area (Å²) in [5.74, 6) is 1.39. The van der Waals surface area contributed by atoms with Gasteiger partial charge in [-0.2, -0.15) is 0 Å². The maximum atomic E-state index is 4.87. The van der Waals surface area contributed by atoms with Crippen molar-refractivity contribution in [2.45, 2.75) is 27.7 Å². The Morgan fingerprint density at radius 3 is 1.21 bits per heavy atom.